The lowest BCUT2D eigenvalue weighted by Crippen LogP contribution is -2.28. The van der Waals surface area contributed by atoms with E-state index < -0.39 is 0 Å². The molecule has 1 atom stereocenters. The monoisotopic (exact) mass is 310 g/mol. The Hall–Kier alpha value is -1.49. The summed E-state index contributed by atoms with van der Waals surface area (Å²) in [5.74, 6) is 0.642. The van der Waals surface area contributed by atoms with Gasteiger partial charge in [0.1, 0.15) is 11.5 Å². The van der Waals surface area contributed by atoms with Gasteiger partial charge in [0, 0.05) is 17.2 Å². The number of aryl methyl sites for hydroxylation is 1. The summed E-state index contributed by atoms with van der Waals surface area (Å²) in [6.45, 7) is 4.65. The van der Waals surface area contributed by atoms with Crippen molar-refractivity contribution in [3.63, 3.8) is 0 Å². The molecule has 1 N–H and O–H groups in total. The fraction of sp³-hybridized carbons (Fsp3) is 0.308. The van der Waals surface area contributed by atoms with E-state index in [1.54, 1.807) is 6.26 Å². The highest BCUT2D eigenvalue weighted by atomic mass is 79.9. The standard InChI is InChI=1S/C13H15BrN2O2/c1-3-16-8-10(14)7-11(16)13(17)15-9(2)12-5-4-6-18-12/h4-9H,3H2,1-2H3,(H,15,17). The number of carbonyl (C=O) groups is 1. The molecule has 0 aromatic carbocycles. The first-order valence-corrected chi connectivity index (χ1v) is 6.61. The van der Waals surface area contributed by atoms with Crippen molar-refractivity contribution in [3.05, 3.63) is 46.6 Å². The predicted molar refractivity (Wildman–Crippen MR) is 72.4 cm³/mol. The molecule has 96 valence electrons. The van der Waals surface area contributed by atoms with Crippen LogP contribution < -0.4 is 5.32 Å². The van der Waals surface area contributed by atoms with Crippen LogP contribution in [0.4, 0.5) is 0 Å². The van der Waals surface area contributed by atoms with Gasteiger partial charge in [-0.2, -0.15) is 0 Å². The Labute approximate surface area is 114 Å². The van der Waals surface area contributed by atoms with Crippen LogP contribution in [0.3, 0.4) is 0 Å². The number of amides is 1. The molecule has 5 heteroatoms. The molecular formula is C13H15BrN2O2. The van der Waals surface area contributed by atoms with E-state index in [2.05, 4.69) is 21.2 Å². The van der Waals surface area contributed by atoms with E-state index in [1.807, 2.05) is 42.8 Å². The van der Waals surface area contributed by atoms with Gasteiger partial charge in [0.2, 0.25) is 0 Å². The predicted octanol–water partition coefficient (Wildman–Crippen LogP) is 3.35. The Kier molecular flexibility index (Phi) is 3.91. The summed E-state index contributed by atoms with van der Waals surface area (Å²) in [4.78, 5) is 12.1. The zero-order valence-electron chi connectivity index (χ0n) is 10.3. The fourth-order valence-corrected chi connectivity index (χ4v) is 2.27. The zero-order chi connectivity index (χ0) is 13.1. The summed E-state index contributed by atoms with van der Waals surface area (Å²) < 4.78 is 8.06. The molecule has 1 amide bonds. The van der Waals surface area contributed by atoms with E-state index in [0.717, 1.165) is 16.8 Å². The van der Waals surface area contributed by atoms with Crippen molar-refractivity contribution in [1.29, 1.82) is 0 Å². The highest BCUT2D eigenvalue weighted by Gasteiger charge is 2.16. The molecule has 1 unspecified atom stereocenters. The number of carbonyl (C=O) groups excluding carboxylic acids is 1. The van der Waals surface area contributed by atoms with E-state index in [9.17, 15) is 4.79 Å². The van der Waals surface area contributed by atoms with Gasteiger partial charge in [-0.3, -0.25) is 4.79 Å². The van der Waals surface area contributed by atoms with Crippen molar-refractivity contribution in [2.75, 3.05) is 0 Å². The lowest BCUT2D eigenvalue weighted by molar-refractivity contribution is 0.0926. The van der Waals surface area contributed by atoms with Crippen LogP contribution in [0, 0.1) is 0 Å². The van der Waals surface area contributed by atoms with E-state index in [0.29, 0.717) is 5.69 Å². The summed E-state index contributed by atoms with van der Waals surface area (Å²) in [6.07, 6.45) is 3.50. The summed E-state index contributed by atoms with van der Waals surface area (Å²) in [5.41, 5.74) is 0.641. The first kappa shape index (κ1) is 13.0. The number of hydrogen-bond donors (Lipinski definition) is 1. The minimum atomic E-state index is -0.147. The molecule has 0 fully saturated rings. The van der Waals surface area contributed by atoms with Crippen LogP contribution in [0.5, 0.6) is 0 Å². The van der Waals surface area contributed by atoms with Crippen molar-refractivity contribution >= 4 is 21.8 Å². The average Bonchev–Trinajstić information content (AvgIpc) is 2.96. The molecule has 18 heavy (non-hydrogen) atoms. The zero-order valence-corrected chi connectivity index (χ0v) is 11.9. The van der Waals surface area contributed by atoms with Crippen LogP contribution in [0.25, 0.3) is 0 Å². The Balaban J connectivity index is 2.12. The normalized spacial score (nSPS) is 12.4. The number of halogens is 1. The molecule has 2 aromatic heterocycles. The lowest BCUT2D eigenvalue weighted by Gasteiger charge is -2.12. The van der Waals surface area contributed by atoms with Crippen molar-refractivity contribution in [2.45, 2.75) is 26.4 Å². The van der Waals surface area contributed by atoms with Crippen molar-refractivity contribution < 1.29 is 9.21 Å². The second-order valence-electron chi connectivity index (χ2n) is 4.04. The van der Waals surface area contributed by atoms with E-state index in [1.165, 1.54) is 0 Å². The van der Waals surface area contributed by atoms with Crippen molar-refractivity contribution in [3.8, 4) is 0 Å². The summed E-state index contributed by atoms with van der Waals surface area (Å²) in [7, 11) is 0. The number of nitrogens with one attached hydrogen (secondary N) is 1. The summed E-state index contributed by atoms with van der Waals surface area (Å²) >= 11 is 3.38. The third-order valence-electron chi connectivity index (χ3n) is 2.75. The molecule has 0 radical (unpaired) electrons. The van der Waals surface area contributed by atoms with Crippen LogP contribution >= 0.6 is 15.9 Å². The Morgan fingerprint density at radius 3 is 3.00 bits per heavy atom. The van der Waals surface area contributed by atoms with Gasteiger partial charge >= 0.3 is 0 Å². The van der Waals surface area contributed by atoms with Gasteiger partial charge in [-0.15, -0.1) is 0 Å². The van der Waals surface area contributed by atoms with Crippen LogP contribution in [-0.4, -0.2) is 10.5 Å². The third-order valence-corrected chi connectivity index (χ3v) is 3.19. The third kappa shape index (κ3) is 2.67. The van der Waals surface area contributed by atoms with E-state index in [4.69, 9.17) is 4.42 Å². The molecule has 0 saturated heterocycles. The number of hydrogen-bond acceptors (Lipinski definition) is 2. The molecule has 4 nitrogen and oxygen atoms in total. The first-order valence-electron chi connectivity index (χ1n) is 5.81. The maximum Gasteiger partial charge on any atom is 0.268 e. The Bertz CT molecular complexity index is 531. The Morgan fingerprint density at radius 2 is 2.39 bits per heavy atom. The number of nitrogens with zero attached hydrogens (tertiary/aromatic N) is 1. The molecule has 0 aliphatic rings. The van der Waals surface area contributed by atoms with Crippen LogP contribution in [-0.2, 0) is 6.54 Å². The van der Waals surface area contributed by atoms with E-state index in [-0.39, 0.29) is 11.9 Å². The largest absolute Gasteiger partial charge is 0.467 e. The van der Waals surface area contributed by atoms with Gasteiger partial charge in [0.25, 0.3) is 5.91 Å². The second kappa shape index (κ2) is 5.44. The summed E-state index contributed by atoms with van der Waals surface area (Å²) in [6, 6.07) is 5.32. The lowest BCUT2D eigenvalue weighted by atomic mass is 10.2. The molecule has 0 saturated carbocycles. The van der Waals surface area contributed by atoms with Gasteiger partial charge in [-0.1, -0.05) is 0 Å². The minimum Gasteiger partial charge on any atom is -0.467 e. The van der Waals surface area contributed by atoms with Gasteiger partial charge in [-0.05, 0) is 48.0 Å². The van der Waals surface area contributed by atoms with E-state index >= 15 is 0 Å². The molecule has 0 aliphatic heterocycles. The fourth-order valence-electron chi connectivity index (χ4n) is 1.81. The second-order valence-corrected chi connectivity index (χ2v) is 4.96. The quantitative estimate of drug-likeness (QED) is 0.941. The highest BCUT2D eigenvalue weighted by molar-refractivity contribution is 9.10. The van der Waals surface area contributed by atoms with Crippen molar-refractivity contribution in [2.24, 2.45) is 0 Å². The smallest absolute Gasteiger partial charge is 0.268 e. The molecule has 2 rings (SSSR count). The van der Waals surface area contributed by atoms with Crippen LogP contribution in [0.15, 0.2) is 39.5 Å². The van der Waals surface area contributed by atoms with Gasteiger partial charge in [0.05, 0.1) is 12.3 Å². The first-order chi connectivity index (χ1) is 8.61. The molecule has 0 spiro atoms. The molecule has 0 bridgehead atoms. The topological polar surface area (TPSA) is 47.2 Å². The number of aromatic nitrogens is 1. The molecular weight excluding hydrogens is 296 g/mol. The number of rotatable bonds is 4. The Morgan fingerprint density at radius 1 is 1.61 bits per heavy atom. The SMILES string of the molecule is CCn1cc(Br)cc1C(=O)NC(C)c1ccco1. The number of furan rings is 1. The van der Waals surface area contributed by atoms with Gasteiger partial charge in [-0.25, -0.2) is 0 Å². The molecule has 0 aliphatic carbocycles. The van der Waals surface area contributed by atoms with Gasteiger partial charge < -0.3 is 14.3 Å². The minimum absolute atomic E-state index is 0.105. The average molecular weight is 311 g/mol. The van der Waals surface area contributed by atoms with Crippen molar-refractivity contribution in [1.82, 2.24) is 9.88 Å². The molecule has 2 aromatic rings. The summed E-state index contributed by atoms with van der Waals surface area (Å²) in [5, 5.41) is 2.91. The maximum absolute atomic E-state index is 12.1. The van der Waals surface area contributed by atoms with Crippen LogP contribution in [0.1, 0.15) is 36.1 Å². The van der Waals surface area contributed by atoms with Gasteiger partial charge in [0.15, 0.2) is 0 Å². The maximum atomic E-state index is 12.1. The molecule has 2 heterocycles. The highest BCUT2D eigenvalue weighted by Crippen LogP contribution is 2.17. The van der Waals surface area contributed by atoms with Crippen LogP contribution in [0.2, 0.25) is 0 Å².